The predicted octanol–water partition coefficient (Wildman–Crippen LogP) is 1.81. The molecule has 1 N–H and O–H groups in total. The highest BCUT2D eigenvalue weighted by molar-refractivity contribution is 7.99. The second-order valence-corrected chi connectivity index (χ2v) is 6.15. The molecule has 3 heteroatoms. The predicted molar refractivity (Wildman–Crippen MR) is 66.1 cm³/mol. The summed E-state index contributed by atoms with van der Waals surface area (Å²) in [6, 6.07) is 0.743. The molecule has 14 heavy (non-hydrogen) atoms. The number of nitrogens with one attached hydrogen (secondary N) is 1. The van der Waals surface area contributed by atoms with Gasteiger partial charge in [0, 0.05) is 23.9 Å². The Labute approximate surface area is 92.8 Å². The van der Waals surface area contributed by atoms with Gasteiger partial charge in [0.25, 0.3) is 0 Å². The van der Waals surface area contributed by atoms with Crippen LogP contribution in [0, 0.1) is 0 Å². The Kier molecular flexibility index (Phi) is 4.74. The average molecular weight is 216 g/mol. The minimum Gasteiger partial charge on any atom is -0.311 e. The summed E-state index contributed by atoms with van der Waals surface area (Å²) in [5.74, 6) is 2.65. The molecule has 1 heterocycles. The fraction of sp³-hybridized carbons (Fsp3) is 1.00. The van der Waals surface area contributed by atoms with Gasteiger partial charge in [0.1, 0.15) is 0 Å². The van der Waals surface area contributed by atoms with Crippen molar-refractivity contribution >= 4 is 11.8 Å². The van der Waals surface area contributed by atoms with Crippen molar-refractivity contribution in [2.24, 2.45) is 0 Å². The normalized spacial score (nSPS) is 24.2. The Morgan fingerprint density at radius 2 is 2.14 bits per heavy atom. The van der Waals surface area contributed by atoms with Gasteiger partial charge in [-0.1, -0.05) is 0 Å². The van der Waals surface area contributed by atoms with E-state index >= 15 is 0 Å². The van der Waals surface area contributed by atoms with Crippen LogP contribution in [0.1, 0.15) is 26.7 Å². The van der Waals surface area contributed by atoms with Crippen LogP contribution in [0.3, 0.4) is 0 Å². The molecular weight excluding hydrogens is 192 g/mol. The lowest BCUT2D eigenvalue weighted by atomic mass is 10.0. The Bertz CT molecular complexity index is 163. The maximum Gasteiger partial charge on any atom is 0.0271 e. The van der Waals surface area contributed by atoms with E-state index in [1.54, 1.807) is 0 Å². The molecule has 0 aliphatic carbocycles. The Hall–Kier alpha value is 0.270. The highest BCUT2D eigenvalue weighted by atomic mass is 32.2. The third kappa shape index (κ3) is 3.79. The van der Waals surface area contributed by atoms with Gasteiger partial charge in [-0.2, -0.15) is 11.8 Å². The van der Waals surface area contributed by atoms with Crippen molar-refractivity contribution in [2.45, 2.75) is 38.3 Å². The van der Waals surface area contributed by atoms with Crippen LogP contribution in [0.5, 0.6) is 0 Å². The van der Waals surface area contributed by atoms with Crippen LogP contribution in [0.15, 0.2) is 0 Å². The van der Waals surface area contributed by atoms with Crippen LogP contribution >= 0.6 is 11.8 Å². The molecule has 0 aromatic carbocycles. The van der Waals surface area contributed by atoms with Gasteiger partial charge in [0.15, 0.2) is 0 Å². The monoisotopic (exact) mass is 216 g/mol. The number of rotatable bonds is 4. The molecule has 0 radical (unpaired) electrons. The largest absolute Gasteiger partial charge is 0.311 e. The molecule has 0 saturated carbocycles. The Morgan fingerprint density at radius 3 is 2.64 bits per heavy atom. The fourth-order valence-electron chi connectivity index (χ4n) is 1.45. The molecule has 0 amide bonds. The van der Waals surface area contributed by atoms with E-state index < -0.39 is 0 Å². The lowest BCUT2D eigenvalue weighted by Gasteiger charge is -2.35. The summed E-state index contributed by atoms with van der Waals surface area (Å²) in [5.41, 5.74) is 0.266. The number of nitrogens with zero attached hydrogens (tertiary/aromatic N) is 1. The van der Waals surface area contributed by atoms with Gasteiger partial charge in [0.2, 0.25) is 0 Å². The maximum absolute atomic E-state index is 3.68. The van der Waals surface area contributed by atoms with Gasteiger partial charge in [-0.25, -0.2) is 0 Å². The zero-order chi connectivity index (χ0) is 10.6. The van der Waals surface area contributed by atoms with E-state index in [9.17, 15) is 0 Å². The molecule has 1 aliphatic rings. The van der Waals surface area contributed by atoms with Crippen LogP contribution in [-0.4, -0.2) is 48.6 Å². The number of thioether (sulfide) groups is 1. The van der Waals surface area contributed by atoms with Crippen LogP contribution in [0.2, 0.25) is 0 Å². The molecule has 0 bridgehead atoms. The highest BCUT2D eigenvalue weighted by Crippen LogP contribution is 2.18. The standard InChI is InChI=1S/C11H24N2S/c1-11(2,13(3)4)9-12-10-6-5-7-14-8-10/h10,12H,5-9H2,1-4H3. The van der Waals surface area contributed by atoms with Crippen LogP contribution < -0.4 is 5.32 Å². The Morgan fingerprint density at radius 1 is 1.43 bits per heavy atom. The fourth-order valence-corrected chi connectivity index (χ4v) is 2.56. The van der Waals surface area contributed by atoms with Gasteiger partial charge in [-0.3, -0.25) is 0 Å². The first-order valence-electron chi connectivity index (χ1n) is 5.51. The highest BCUT2D eigenvalue weighted by Gasteiger charge is 2.22. The molecule has 1 atom stereocenters. The molecule has 1 saturated heterocycles. The van der Waals surface area contributed by atoms with E-state index in [0.717, 1.165) is 12.6 Å². The van der Waals surface area contributed by atoms with Gasteiger partial charge in [-0.15, -0.1) is 0 Å². The van der Waals surface area contributed by atoms with Crippen molar-refractivity contribution in [2.75, 3.05) is 32.1 Å². The zero-order valence-corrected chi connectivity index (χ0v) is 10.8. The van der Waals surface area contributed by atoms with Crippen LogP contribution in [0.4, 0.5) is 0 Å². The van der Waals surface area contributed by atoms with Gasteiger partial charge >= 0.3 is 0 Å². The number of hydrogen-bond acceptors (Lipinski definition) is 3. The average Bonchev–Trinajstić information content (AvgIpc) is 2.16. The first-order chi connectivity index (χ1) is 6.52. The smallest absolute Gasteiger partial charge is 0.0271 e. The van der Waals surface area contributed by atoms with Crippen molar-refractivity contribution in [1.29, 1.82) is 0 Å². The second-order valence-electron chi connectivity index (χ2n) is 5.00. The summed E-state index contributed by atoms with van der Waals surface area (Å²) in [6.45, 7) is 5.66. The van der Waals surface area contributed by atoms with Crippen LogP contribution in [0.25, 0.3) is 0 Å². The lowest BCUT2D eigenvalue weighted by Crippen LogP contribution is -2.50. The first-order valence-corrected chi connectivity index (χ1v) is 6.66. The van der Waals surface area contributed by atoms with E-state index in [1.807, 2.05) is 0 Å². The Balaban J connectivity index is 2.24. The minimum atomic E-state index is 0.266. The quantitative estimate of drug-likeness (QED) is 0.771. The summed E-state index contributed by atoms with van der Waals surface area (Å²) in [6.07, 6.45) is 2.74. The first kappa shape index (κ1) is 12.3. The van der Waals surface area contributed by atoms with Crippen molar-refractivity contribution < 1.29 is 0 Å². The molecule has 2 nitrogen and oxygen atoms in total. The summed E-state index contributed by atoms with van der Waals surface area (Å²) in [7, 11) is 4.30. The molecule has 1 unspecified atom stereocenters. The topological polar surface area (TPSA) is 15.3 Å². The minimum absolute atomic E-state index is 0.266. The SMILES string of the molecule is CN(C)C(C)(C)CNC1CCCSC1. The van der Waals surface area contributed by atoms with E-state index in [-0.39, 0.29) is 5.54 Å². The van der Waals surface area contributed by atoms with Gasteiger partial charge in [-0.05, 0) is 46.5 Å². The zero-order valence-electron chi connectivity index (χ0n) is 9.97. The summed E-state index contributed by atoms with van der Waals surface area (Å²) in [5, 5.41) is 3.68. The van der Waals surface area contributed by atoms with Crippen molar-refractivity contribution in [1.82, 2.24) is 10.2 Å². The molecule has 0 aromatic heterocycles. The molecule has 1 rings (SSSR count). The number of hydrogen-bond donors (Lipinski definition) is 1. The third-order valence-corrected chi connectivity index (χ3v) is 4.41. The molecule has 0 spiro atoms. The molecule has 84 valence electrons. The maximum atomic E-state index is 3.68. The molecular formula is C11H24N2S. The van der Waals surface area contributed by atoms with E-state index in [4.69, 9.17) is 0 Å². The van der Waals surface area contributed by atoms with Crippen molar-refractivity contribution in [3.63, 3.8) is 0 Å². The van der Waals surface area contributed by atoms with E-state index in [0.29, 0.717) is 0 Å². The summed E-state index contributed by atoms with van der Waals surface area (Å²) >= 11 is 2.09. The van der Waals surface area contributed by atoms with Crippen LogP contribution in [-0.2, 0) is 0 Å². The van der Waals surface area contributed by atoms with E-state index in [2.05, 4.69) is 49.9 Å². The second kappa shape index (κ2) is 5.38. The summed E-state index contributed by atoms with van der Waals surface area (Å²) in [4.78, 5) is 2.29. The van der Waals surface area contributed by atoms with E-state index in [1.165, 1.54) is 24.3 Å². The lowest BCUT2D eigenvalue weighted by molar-refractivity contribution is 0.184. The van der Waals surface area contributed by atoms with Crippen molar-refractivity contribution in [3.8, 4) is 0 Å². The molecule has 1 fully saturated rings. The summed E-state index contributed by atoms with van der Waals surface area (Å²) < 4.78 is 0. The van der Waals surface area contributed by atoms with Gasteiger partial charge in [0.05, 0.1) is 0 Å². The third-order valence-electron chi connectivity index (χ3n) is 3.19. The number of likely N-dealkylation sites (N-methyl/N-ethyl adjacent to an activating group) is 1. The molecule has 0 aromatic rings. The van der Waals surface area contributed by atoms with Gasteiger partial charge < -0.3 is 10.2 Å². The van der Waals surface area contributed by atoms with Crippen molar-refractivity contribution in [3.05, 3.63) is 0 Å². The molecule has 1 aliphatic heterocycles.